The van der Waals surface area contributed by atoms with E-state index in [2.05, 4.69) is 57.7 Å². The standard InChI is InChI=1S/C13H21N/c1-9(2)11-6-5-7-12(8-11)13(14)10(3)4/h5-10,13H,14H2,1-4H3/p+1/t13-/m1/s1. The molecular weight excluding hydrogens is 170 g/mol. The normalized spacial score (nSPS) is 13.6. The Balaban J connectivity index is 2.93. The Bertz CT molecular complexity index is 289. The summed E-state index contributed by atoms with van der Waals surface area (Å²) in [6.45, 7) is 8.90. The molecule has 14 heavy (non-hydrogen) atoms. The van der Waals surface area contributed by atoms with Crippen molar-refractivity contribution in [3.8, 4) is 0 Å². The summed E-state index contributed by atoms with van der Waals surface area (Å²) >= 11 is 0. The molecule has 0 saturated carbocycles. The first-order valence-electron chi connectivity index (χ1n) is 5.45. The predicted molar refractivity (Wildman–Crippen MR) is 61.0 cm³/mol. The van der Waals surface area contributed by atoms with E-state index in [1.165, 1.54) is 11.1 Å². The fourth-order valence-corrected chi connectivity index (χ4v) is 1.53. The van der Waals surface area contributed by atoms with Gasteiger partial charge in [-0.25, -0.2) is 0 Å². The lowest BCUT2D eigenvalue weighted by atomic mass is 9.93. The van der Waals surface area contributed by atoms with Gasteiger partial charge in [-0.05, 0) is 17.5 Å². The van der Waals surface area contributed by atoms with Crippen LogP contribution in [0.25, 0.3) is 0 Å². The van der Waals surface area contributed by atoms with Crippen molar-refractivity contribution in [1.82, 2.24) is 0 Å². The van der Waals surface area contributed by atoms with Gasteiger partial charge in [0.2, 0.25) is 0 Å². The minimum absolute atomic E-state index is 0.411. The first kappa shape index (κ1) is 11.3. The number of quaternary nitrogens is 1. The van der Waals surface area contributed by atoms with Crippen molar-refractivity contribution in [2.24, 2.45) is 5.92 Å². The van der Waals surface area contributed by atoms with E-state index < -0.39 is 0 Å². The van der Waals surface area contributed by atoms with E-state index >= 15 is 0 Å². The second-order valence-electron chi connectivity index (χ2n) is 4.68. The third-order valence-corrected chi connectivity index (χ3v) is 2.81. The molecule has 1 rings (SSSR count). The highest BCUT2D eigenvalue weighted by Crippen LogP contribution is 2.21. The molecule has 0 radical (unpaired) electrons. The van der Waals surface area contributed by atoms with Crippen LogP contribution in [0.2, 0.25) is 0 Å². The van der Waals surface area contributed by atoms with Crippen molar-refractivity contribution >= 4 is 0 Å². The number of hydrogen-bond donors (Lipinski definition) is 1. The molecule has 0 unspecified atom stereocenters. The molecule has 0 aliphatic rings. The summed E-state index contributed by atoms with van der Waals surface area (Å²) < 4.78 is 0. The molecule has 1 aromatic carbocycles. The van der Waals surface area contributed by atoms with E-state index in [4.69, 9.17) is 0 Å². The largest absolute Gasteiger partial charge is 0.351 e. The summed E-state index contributed by atoms with van der Waals surface area (Å²) in [5.74, 6) is 1.21. The Kier molecular flexibility index (Phi) is 3.70. The highest BCUT2D eigenvalue weighted by Gasteiger charge is 2.14. The average molecular weight is 192 g/mol. The Morgan fingerprint density at radius 2 is 1.57 bits per heavy atom. The second kappa shape index (κ2) is 4.61. The zero-order valence-electron chi connectivity index (χ0n) is 9.75. The minimum Gasteiger partial charge on any atom is -0.351 e. The highest BCUT2D eigenvalue weighted by atomic mass is 14.6. The van der Waals surface area contributed by atoms with E-state index in [0.29, 0.717) is 17.9 Å². The van der Waals surface area contributed by atoms with E-state index in [1.807, 2.05) is 0 Å². The lowest BCUT2D eigenvalue weighted by Gasteiger charge is -2.14. The van der Waals surface area contributed by atoms with Gasteiger partial charge < -0.3 is 5.73 Å². The van der Waals surface area contributed by atoms with Gasteiger partial charge in [-0.3, -0.25) is 0 Å². The molecule has 0 fully saturated rings. The third kappa shape index (κ3) is 2.58. The number of benzene rings is 1. The zero-order valence-corrected chi connectivity index (χ0v) is 9.75. The molecule has 0 spiro atoms. The van der Waals surface area contributed by atoms with E-state index in [1.54, 1.807) is 0 Å². The van der Waals surface area contributed by atoms with Crippen LogP contribution in [0.4, 0.5) is 0 Å². The Morgan fingerprint density at radius 3 is 2.07 bits per heavy atom. The molecule has 0 aliphatic carbocycles. The lowest BCUT2D eigenvalue weighted by molar-refractivity contribution is -0.438. The van der Waals surface area contributed by atoms with Gasteiger partial charge in [0.05, 0.1) is 0 Å². The molecule has 0 aromatic heterocycles. The number of rotatable bonds is 3. The fourth-order valence-electron chi connectivity index (χ4n) is 1.53. The van der Waals surface area contributed by atoms with Gasteiger partial charge in [0.25, 0.3) is 0 Å². The second-order valence-corrected chi connectivity index (χ2v) is 4.68. The molecule has 1 aromatic rings. The molecule has 0 aliphatic heterocycles. The maximum absolute atomic E-state index is 4.21. The van der Waals surface area contributed by atoms with Crippen molar-refractivity contribution in [3.05, 3.63) is 35.4 Å². The summed E-state index contributed by atoms with van der Waals surface area (Å²) in [4.78, 5) is 0. The molecule has 0 saturated heterocycles. The van der Waals surface area contributed by atoms with Crippen LogP contribution in [-0.4, -0.2) is 0 Å². The molecule has 1 atom stereocenters. The fraction of sp³-hybridized carbons (Fsp3) is 0.538. The van der Waals surface area contributed by atoms with Crippen molar-refractivity contribution in [2.75, 3.05) is 0 Å². The van der Waals surface area contributed by atoms with Crippen LogP contribution >= 0.6 is 0 Å². The summed E-state index contributed by atoms with van der Waals surface area (Å²) in [5.41, 5.74) is 6.99. The van der Waals surface area contributed by atoms with Crippen LogP contribution in [0, 0.1) is 5.92 Å². The maximum Gasteiger partial charge on any atom is 0.112 e. The van der Waals surface area contributed by atoms with Crippen LogP contribution in [0.15, 0.2) is 24.3 Å². The van der Waals surface area contributed by atoms with Gasteiger partial charge in [0.1, 0.15) is 6.04 Å². The molecule has 3 N–H and O–H groups in total. The molecule has 1 heteroatoms. The molecule has 0 bridgehead atoms. The minimum atomic E-state index is 0.411. The van der Waals surface area contributed by atoms with Gasteiger partial charge >= 0.3 is 0 Å². The summed E-state index contributed by atoms with van der Waals surface area (Å²) in [7, 11) is 0. The molecule has 0 heterocycles. The first-order chi connectivity index (χ1) is 6.52. The summed E-state index contributed by atoms with van der Waals surface area (Å²) in [6, 6.07) is 9.23. The van der Waals surface area contributed by atoms with Crippen LogP contribution in [0.3, 0.4) is 0 Å². The highest BCUT2D eigenvalue weighted by molar-refractivity contribution is 5.27. The molecule has 78 valence electrons. The topological polar surface area (TPSA) is 27.6 Å². The molecular formula is C13H22N+. The van der Waals surface area contributed by atoms with Gasteiger partial charge in [-0.1, -0.05) is 45.9 Å². The molecule has 1 nitrogen and oxygen atoms in total. The van der Waals surface area contributed by atoms with E-state index in [9.17, 15) is 0 Å². The van der Waals surface area contributed by atoms with E-state index in [0.717, 1.165) is 0 Å². The zero-order chi connectivity index (χ0) is 10.7. The Labute approximate surface area is 87.3 Å². The van der Waals surface area contributed by atoms with Gasteiger partial charge in [-0.15, -0.1) is 0 Å². The number of hydrogen-bond acceptors (Lipinski definition) is 0. The van der Waals surface area contributed by atoms with Crippen molar-refractivity contribution in [3.63, 3.8) is 0 Å². The van der Waals surface area contributed by atoms with Gasteiger partial charge in [0, 0.05) is 11.5 Å². The van der Waals surface area contributed by atoms with E-state index in [-0.39, 0.29) is 0 Å². The van der Waals surface area contributed by atoms with Gasteiger partial charge in [-0.2, -0.15) is 0 Å². The maximum atomic E-state index is 4.21. The summed E-state index contributed by atoms with van der Waals surface area (Å²) in [6.07, 6.45) is 0. The Morgan fingerprint density at radius 1 is 1.00 bits per heavy atom. The van der Waals surface area contributed by atoms with Crippen LogP contribution < -0.4 is 5.73 Å². The smallest absolute Gasteiger partial charge is 0.112 e. The summed E-state index contributed by atoms with van der Waals surface area (Å²) in [5, 5.41) is 0. The monoisotopic (exact) mass is 192 g/mol. The average Bonchev–Trinajstić information content (AvgIpc) is 2.16. The van der Waals surface area contributed by atoms with Crippen LogP contribution in [-0.2, 0) is 0 Å². The van der Waals surface area contributed by atoms with Crippen LogP contribution in [0.5, 0.6) is 0 Å². The van der Waals surface area contributed by atoms with Crippen molar-refractivity contribution < 1.29 is 5.73 Å². The predicted octanol–water partition coefficient (Wildman–Crippen LogP) is 2.75. The Hall–Kier alpha value is -0.820. The SMILES string of the molecule is CC(C)c1cccc([C@H]([NH3+])C(C)C)c1. The van der Waals surface area contributed by atoms with Crippen LogP contribution in [0.1, 0.15) is 50.8 Å². The first-order valence-corrected chi connectivity index (χ1v) is 5.45. The quantitative estimate of drug-likeness (QED) is 0.762. The van der Waals surface area contributed by atoms with Crippen molar-refractivity contribution in [2.45, 2.75) is 39.7 Å². The third-order valence-electron chi connectivity index (χ3n) is 2.81. The lowest BCUT2D eigenvalue weighted by Crippen LogP contribution is -2.55. The molecule has 0 amide bonds. The van der Waals surface area contributed by atoms with Crippen molar-refractivity contribution in [1.29, 1.82) is 0 Å². The van der Waals surface area contributed by atoms with Gasteiger partial charge in [0.15, 0.2) is 0 Å².